The fourth-order valence-electron chi connectivity index (χ4n) is 14.4. The molecule has 0 spiro atoms. The van der Waals surface area contributed by atoms with Gasteiger partial charge in [0.2, 0.25) is 0 Å². The van der Waals surface area contributed by atoms with E-state index in [0.717, 1.165) is 224 Å². The summed E-state index contributed by atoms with van der Waals surface area (Å²) in [5.74, 6) is 1.77. The Morgan fingerprint density at radius 3 is 1.55 bits per heavy atom. The highest BCUT2D eigenvalue weighted by atomic mass is 35.5. The van der Waals surface area contributed by atoms with Crippen LogP contribution in [0.4, 0.5) is 0 Å². The molecule has 0 fully saturated rings. The number of thiazole rings is 3. The Bertz CT molecular complexity index is 5470. The summed E-state index contributed by atoms with van der Waals surface area (Å²) in [6, 6.07) is 42.8. The second kappa shape index (κ2) is 46.4. The van der Waals surface area contributed by atoms with Crippen LogP contribution in [0.25, 0.3) is 21.8 Å². The number of ether oxygens (including phenoxy) is 1. The van der Waals surface area contributed by atoms with Crippen molar-refractivity contribution >= 4 is 73.6 Å². The summed E-state index contributed by atoms with van der Waals surface area (Å²) < 4.78 is 5.45. The van der Waals surface area contributed by atoms with Gasteiger partial charge in [0, 0.05) is 211 Å². The fourth-order valence-corrected chi connectivity index (χ4v) is 16.5. The predicted octanol–water partition coefficient (Wildman–Crippen LogP) is 17.0. The standard InChI is InChI=1S/C22H26N4O.C19H19N5S.C19H22N4O.C16H17ClN4S.C16H19N5S/c1-17-7-4-11-24-20(17)15-26(16-21-18(2)8-5-12-25-21)14-10-19-22(27-3)9-6-13-23-19;1-2-4-17-15(3-1)5-7-21-18(17)12-24(13-19-22-8-10-25-19)9-6-16-11-20-14-23-16;24-12-11-23(13-18-21-15-7-1-2-8-16(15)22-18)17-9-3-5-14-6-4-10-20-19(14)17;17-14-2-1-5-19-15(14)11-21(12-16-20-7-9-22-16)8-4-13-3-6-18-10-13;1-13-3-2-5-18-15(13)10-21(11-16-19-6-8-22-16)7-4-14-9-17-12-20-14/h4-9,11-13H,10,14-16H2,1-3H3;1-5,7-8,10-11,14H,6,9,12-13H2,(H,20,23);1-2,4,6-8,10,17,24H,3,5,9,11-13H2,(H,21,22);1-2,5-7,9-10H,3-4,8,11-12H2;2-3,5-6,8-9,12H,4,7,10-11H2,1H3,(H,17,20)/t;;17-;;/m..0../s1. The molecule has 1 aliphatic carbocycles. The van der Waals surface area contributed by atoms with Crippen LogP contribution in [0, 0.1) is 20.8 Å². The second-order valence-corrected chi connectivity index (χ2v) is 32.7. The molecule has 2 aromatic carbocycles. The first-order valence-electron chi connectivity index (χ1n) is 40.5. The molecule has 0 radical (unpaired) electrons. The molecule has 618 valence electrons. The van der Waals surface area contributed by atoms with Crippen molar-refractivity contribution in [2.75, 3.05) is 46.4 Å². The first-order valence-corrected chi connectivity index (χ1v) is 43.6. The Kier molecular flexibility index (Phi) is 33.5. The first-order chi connectivity index (χ1) is 59.0. The number of aryl methyl sites for hydroxylation is 4. The molecular weight excluding hydrogens is 1580 g/mol. The normalized spacial score (nSPS) is 12.9. The van der Waals surface area contributed by atoms with E-state index in [0.29, 0.717) is 13.1 Å². The molecule has 0 amide bonds. The van der Waals surface area contributed by atoms with E-state index >= 15 is 0 Å². The molecule has 2 aliphatic rings. The van der Waals surface area contributed by atoms with Crippen LogP contribution in [-0.2, 0) is 84.6 Å². The molecule has 0 unspecified atom stereocenters. The Hall–Kier alpha value is -11.2. The quantitative estimate of drug-likeness (QED) is 0.0292. The maximum Gasteiger partial charge on any atom is 0.140 e. The number of aromatic nitrogens is 16. The van der Waals surface area contributed by atoms with Gasteiger partial charge in [-0.15, -0.1) is 34.0 Å². The number of halogens is 1. The van der Waals surface area contributed by atoms with E-state index in [1.54, 1.807) is 60.0 Å². The lowest BCUT2D eigenvalue weighted by Crippen LogP contribution is -2.34. The summed E-state index contributed by atoms with van der Waals surface area (Å²) in [6.07, 6.45) is 37.6. The molecule has 120 heavy (non-hydrogen) atoms. The fraction of sp³-hybridized carbons (Fsp3) is 0.304. The van der Waals surface area contributed by atoms with Crippen molar-refractivity contribution in [3.05, 3.63) is 342 Å². The molecule has 1 atom stereocenters. The van der Waals surface area contributed by atoms with Gasteiger partial charge in [-0.3, -0.25) is 64.4 Å². The van der Waals surface area contributed by atoms with Crippen molar-refractivity contribution in [1.82, 2.24) is 104 Å². The zero-order valence-electron chi connectivity index (χ0n) is 68.4. The number of nitrogens with zero attached hydrogens (tertiary/aromatic N) is 19. The van der Waals surface area contributed by atoms with E-state index in [-0.39, 0.29) is 12.6 Å². The number of nitrogens with one attached hydrogen (secondary N) is 3. The molecule has 28 heteroatoms. The summed E-state index contributed by atoms with van der Waals surface area (Å²) in [6.45, 7) is 17.8. The van der Waals surface area contributed by atoms with E-state index in [9.17, 15) is 5.11 Å². The maximum atomic E-state index is 9.54. The average molecular weight is 1680 g/mol. The number of hydrogen-bond acceptors (Lipinski definition) is 24. The molecule has 0 saturated carbocycles. The Labute approximate surface area is 718 Å². The number of imidazole rings is 3. The third-order valence-corrected chi connectivity index (χ3v) is 23.5. The number of fused-ring (bicyclic) bond motifs is 3. The smallest absolute Gasteiger partial charge is 0.140 e. The molecule has 0 bridgehead atoms. The molecule has 17 rings (SSSR count). The molecule has 13 aromatic heterocycles. The number of methoxy groups -OCH3 is 1. The number of pyridine rings is 7. The van der Waals surface area contributed by atoms with Crippen LogP contribution >= 0.6 is 45.6 Å². The summed E-state index contributed by atoms with van der Waals surface area (Å²) in [7, 11) is 1.69. The third kappa shape index (κ3) is 26.6. The summed E-state index contributed by atoms with van der Waals surface area (Å²) in [5.41, 5.74) is 18.2. The number of aliphatic imine (C=N–C) groups is 1. The summed E-state index contributed by atoms with van der Waals surface area (Å²) in [5, 5.41) is 22.1. The number of aliphatic hydroxyl groups is 1. The van der Waals surface area contributed by atoms with Crippen molar-refractivity contribution in [2.45, 2.75) is 137 Å². The Morgan fingerprint density at radius 2 is 1.00 bits per heavy atom. The molecule has 14 heterocycles. The lowest BCUT2D eigenvalue weighted by molar-refractivity contribution is 0.126. The van der Waals surface area contributed by atoms with Gasteiger partial charge in [-0.2, -0.15) is 0 Å². The highest BCUT2D eigenvalue weighted by molar-refractivity contribution is 7.10. The Balaban J connectivity index is 0.000000130. The molecule has 4 N–H and O–H groups in total. The van der Waals surface area contributed by atoms with Gasteiger partial charge >= 0.3 is 0 Å². The number of aromatic amines is 3. The average Bonchev–Trinajstić information content (AvgIpc) is 1.63. The lowest BCUT2D eigenvalue weighted by Gasteiger charge is -2.34. The largest absolute Gasteiger partial charge is 0.495 e. The van der Waals surface area contributed by atoms with Gasteiger partial charge in [0.05, 0.1) is 115 Å². The zero-order chi connectivity index (χ0) is 82.7. The second-order valence-electron chi connectivity index (χ2n) is 29.3. The molecule has 1 aliphatic heterocycles. The zero-order valence-corrected chi connectivity index (χ0v) is 71.6. The number of para-hydroxylation sites is 2. The summed E-state index contributed by atoms with van der Waals surface area (Å²) in [4.78, 5) is 83.6. The van der Waals surface area contributed by atoms with Gasteiger partial charge in [0.15, 0.2) is 0 Å². The van der Waals surface area contributed by atoms with Gasteiger partial charge in [0.1, 0.15) is 26.6 Å². The summed E-state index contributed by atoms with van der Waals surface area (Å²) >= 11 is 11.3. The molecule has 0 saturated heterocycles. The molecule has 15 aromatic rings. The molecule has 24 nitrogen and oxygen atoms in total. The van der Waals surface area contributed by atoms with Gasteiger partial charge in [0.25, 0.3) is 0 Å². The van der Waals surface area contributed by atoms with Crippen LogP contribution in [0.1, 0.15) is 126 Å². The number of hydrogen-bond donors (Lipinski definition) is 4. The number of H-pyrrole nitrogens is 3. The highest BCUT2D eigenvalue weighted by Gasteiger charge is 2.28. The number of benzene rings is 2. The maximum absolute atomic E-state index is 9.54. The van der Waals surface area contributed by atoms with Crippen LogP contribution in [0.5, 0.6) is 5.75 Å². The minimum atomic E-state index is 0.138. The van der Waals surface area contributed by atoms with Crippen LogP contribution in [0.15, 0.2) is 247 Å². The predicted molar refractivity (Wildman–Crippen MR) is 479 cm³/mol. The van der Waals surface area contributed by atoms with Crippen molar-refractivity contribution in [3.8, 4) is 5.75 Å². The van der Waals surface area contributed by atoms with Gasteiger partial charge in [-0.1, -0.05) is 72.3 Å². The first kappa shape index (κ1) is 86.6. The van der Waals surface area contributed by atoms with Crippen molar-refractivity contribution < 1.29 is 9.84 Å². The lowest BCUT2D eigenvalue weighted by atomic mass is 9.91. The van der Waals surface area contributed by atoms with Crippen LogP contribution < -0.4 is 4.74 Å². The monoisotopic (exact) mass is 1680 g/mol. The van der Waals surface area contributed by atoms with Crippen molar-refractivity contribution in [2.24, 2.45) is 4.99 Å². The van der Waals surface area contributed by atoms with Gasteiger partial charge < -0.3 is 24.8 Å². The van der Waals surface area contributed by atoms with Crippen LogP contribution in [0.2, 0.25) is 5.02 Å². The number of rotatable bonds is 34. The van der Waals surface area contributed by atoms with Crippen molar-refractivity contribution in [1.29, 1.82) is 0 Å². The van der Waals surface area contributed by atoms with E-state index in [1.807, 2.05) is 170 Å². The highest BCUT2D eigenvalue weighted by Crippen LogP contribution is 2.34. The van der Waals surface area contributed by atoms with Gasteiger partial charge in [-0.25, -0.2) is 29.9 Å². The SMILES string of the molecule is COc1cccnc1CCN(Cc1ncccc1C)Cc1ncccc1C.Cc1cccnc1CN(CCc1cnc[nH]1)Cc1nccs1.Clc1cccnc1CN(CCC1=CN=CC1)Cc1nccs1.OCCN(Cc1nc2ccccc2[nH]1)[C@H]1CCCc2cccnc21.c1ccc2c(CN(CCc3cnc[nH]3)Cc3nccs3)nccc2c1. The third-order valence-electron chi connectivity index (χ3n) is 20.8. The van der Waals surface area contributed by atoms with E-state index in [2.05, 4.69) is 185 Å². The number of aliphatic hydroxyl groups excluding tert-OH is 1. The van der Waals surface area contributed by atoms with E-state index < -0.39 is 0 Å². The molecular formula is C92H103ClN22O2S3. The van der Waals surface area contributed by atoms with E-state index in [4.69, 9.17) is 16.3 Å². The Morgan fingerprint density at radius 1 is 0.483 bits per heavy atom. The van der Waals surface area contributed by atoms with E-state index in [1.165, 1.54) is 38.6 Å². The minimum Gasteiger partial charge on any atom is -0.495 e. The van der Waals surface area contributed by atoms with Gasteiger partial charge in [-0.05, 0) is 146 Å². The topological polar surface area (TPSA) is 273 Å². The minimum absolute atomic E-state index is 0.138. The van der Waals surface area contributed by atoms with Crippen LogP contribution in [0.3, 0.4) is 0 Å². The van der Waals surface area contributed by atoms with Crippen LogP contribution in [-0.4, -0.2) is 162 Å². The van der Waals surface area contributed by atoms with Crippen molar-refractivity contribution in [3.63, 3.8) is 0 Å².